The van der Waals surface area contributed by atoms with Gasteiger partial charge < -0.3 is 20.1 Å². The normalized spacial score (nSPS) is 20.5. The molecule has 1 aliphatic heterocycles. The number of carbonyl (C=O) groups excluding carboxylic acids is 1. The summed E-state index contributed by atoms with van der Waals surface area (Å²) in [7, 11) is 0. The zero-order valence-corrected chi connectivity index (χ0v) is 12.9. The number of hydrogen-bond acceptors (Lipinski definition) is 4. The Hall–Kier alpha value is -0.950. The first-order chi connectivity index (χ1) is 9.54. The number of thioether (sulfide) groups is 1. The van der Waals surface area contributed by atoms with Crippen LogP contribution in [0.2, 0.25) is 0 Å². The van der Waals surface area contributed by atoms with Crippen molar-refractivity contribution in [1.29, 1.82) is 0 Å². The van der Waals surface area contributed by atoms with Gasteiger partial charge in [-0.3, -0.25) is 4.79 Å². The number of aliphatic carboxylic acids is 1. The minimum absolute atomic E-state index is 0.0759. The fraction of sp³-hybridized carbons (Fsp3) is 0.846. The molecule has 0 saturated carbocycles. The SMILES string of the molecule is CCSCCC(C)NC(=O)N1CCOCC1CC(=O)O. The summed E-state index contributed by atoms with van der Waals surface area (Å²) in [6.45, 7) is 5.28. The second-order valence-electron chi connectivity index (χ2n) is 4.86. The zero-order chi connectivity index (χ0) is 15.0. The third kappa shape index (κ3) is 6.00. The van der Waals surface area contributed by atoms with E-state index in [-0.39, 0.29) is 24.5 Å². The van der Waals surface area contributed by atoms with E-state index < -0.39 is 5.97 Å². The first-order valence-corrected chi connectivity index (χ1v) is 8.14. The predicted octanol–water partition coefficient (Wildman–Crippen LogP) is 1.40. The van der Waals surface area contributed by atoms with E-state index >= 15 is 0 Å². The van der Waals surface area contributed by atoms with Crippen LogP contribution in [0.1, 0.15) is 26.7 Å². The highest BCUT2D eigenvalue weighted by molar-refractivity contribution is 7.99. The Morgan fingerprint density at radius 2 is 2.30 bits per heavy atom. The average Bonchev–Trinajstić information content (AvgIpc) is 2.38. The maximum absolute atomic E-state index is 12.2. The number of carboxylic acid groups (broad SMARTS) is 1. The summed E-state index contributed by atoms with van der Waals surface area (Å²) in [6.07, 6.45) is 0.839. The maximum atomic E-state index is 12.2. The van der Waals surface area contributed by atoms with Gasteiger partial charge in [0.15, 0.2) is 0 Å². The van der Waals surface area contributed by atoms with Crippen molar-refractivity contribution in [2.24, 2.45) is 0 Å². The monoisotopic (exact) mass is 304 g/mol. The van der Waals surface area contributed by atoms with Crippen molar-refractivity contribution in [2.75, 3.05) is 31.3 Å². The van der Waals surface area contributed by atoms with Crippen LogP contribution in [0.5, 0.6) is 0 Å². The Morgan fingerprint density at radius 1 is 1.55 bits per heavy atom. The minimum atomic E-state index is -0.911. The van der Waals surface area contributed by atoms with Crippen LogP contribution >= 0.6 is 11.8 Å². The molecular weight excluding hydrogens is 280 g/mol. The van der Waals surface area contributed by atoms with Gasteiger partial charge in [0.2, 0.25) is 0 Å². The molecule has 1 heterocycles. The van der Waals surface area contributed by atoms with E-state index in [0.717, 1.165) is 17.9 Å². The Kier molecular flexibility index (Phi) is 7.76. The van der Waals surface area contributed by atoms with Crippen LogP contribution in [-0.4, -0.2) is 65.4 Å². The van der Waals surface area contributed by atoms with Crippen molar-refractivity contribution in [2.45, 2.75) is 38.8 Å². The summed E-state index contributed by atoms with van der Waals surface area (Å²) in [5.41, 5.74) is 0. The lowest BCUT2D eigenvalue weighted by atomic mass is 10.1. The molecule has 0 radical (unpaired) electrons. The summed E-state index contributed by atoms with van der Waals surface area (Å²) in [6, 6.07) is -0.470. The molecule has 0 aromatic rings. The van der Waals surface area contributed by atoms with Gasteiger partial charge in [-0.1, -0.05) is 6.92 Å². The lowest BCUT2D eigenvalue weighted by Crippen LogP contribution is -2.54. The van der Waals surface area contributed by atoms with Gasteiger partial charge in [0.1, 0.15) is 0 Å². The Morgan fingerprint density at radius 3 is 2.95 bits per heavy atom. The molecule has 0 aromatic carbocycles. The third-order valence-electron chi connectivity index (χ3n) is 3.17. The van der Waals surface area contributed by atoms with Crippen LogP contribution in [-0.2, 0) is 9.53 Å². The quantitative estimate of drug-likeness (QED) is 0.695. The van der Waals surface area contributed by atoms with Crippen molar-refractivity contribution in [1.82, 2.24) is 10.2 Å². The lowest BCUT2D eigenvalue weighted by Gasteiger charge is -2.35. The van der Waals surface area contributed by atoms with E-state index in [0.29, 0.717) is 19.8 Å². The molecule has 7 heteroatoms. The summed E-state index contributed by atoms with van der Waals surface area (Å²) in [5, 5.41) is 11.8. The maximum Gasteiger partial charge on any atom is 0.318 e. The number of carboxylic acids is 1. The molecule has 0 aromatic heterocycles. The number of hydrogen-bond donors (Lipinski definition) is 2. The molecule has 1 fully saturated rings. The van der Waals surface area contributed by atoms with Crippen LogP contribution in [0.3, 0.4) is 0 Å². The van der Waals surface area contributed by atoms with Gasteiger partial charge in [0.05, 0.1) is 25.7 Å². The van der Waals surface area contributed by atoms with Gasteiger partial charge in [-0.25, -0.2) is 4.79 Å². The van der Waals surface area contributed by atoms with Crippen LogP contribution in [0.25, 0.3) is 0 Å². The van der Waals surface area contributed by atoms with Gasteiger partial charge in [0, 0.05) is 12.6 Å². The molecule has 2 N–H and O–H groups in total. The summed E-state index contributed by atoms with van der Waals surface area (Å²) in [5.74, 6) is 1.18. The van der Waals surface area contributed by atoms with Crippen molar-refractivity contribution < 1.29 is 19.4 Å². The number of morpholine rings is 1. The number of nitrogens with zero attached hydrogens (tertiary/aromatic N) is 1. The number of carbonyl (C=O) groups is 2. The van der Waals surface area contributed by atoms with E-state index in [9.17, 15) is 9.59 Å². The van der Waals surface area contributed by atoms with Gasteiger partial charge >= 0.3 is 12.0 Å². The molecule has 2 amide bonds. The number of amides is 2. The Bertz CT molecular complexity index is 327. The molecule has 20 heavy (non-hydrogen) atoms. The molecule has 2 atom stereocenters. The molecule has 1 aliphatic rings. The third-order valence-corrected chi connectivity index (χ3v) is 4.10. The molecule has 0 aliphatic carbocycles. The van der Waals surface area contributed by atoms with Crippen molar-refractivity contribution in [3.8, 4) is 0 Å². The second-order valence-corrected chi connectivity index (χ2v) is 6.25. The smallest absolute Gasteiger partial charge is 0.318 e. The highest BCUT2D eigenvalue weighted by atomic mass is 32.2. The standard InChI is InChI=1S/C13H24N2O4S/c1-3-20-7-4-10(2)14-13(18)15-5-6-19-9-11(15)8-12(16)17/h10-11H,3-9H2,1-2H3,(H,14,18)(H,16,17). The van der Waals surface area contributed by atoms with Crippen molar-refractivity contribution >= 4 is 23.8 Å². The number of urea groups is 1. The van der Waals surface area contributed by atoms with Crippen LogP contribution in [0.15, 0.2) is 0 Å². The Labute approximate surface area is 124 Å². The molecule has 1 saturated heterocycles. The van der Waals surface area contributed by atoms with Gasteiger partial charge in [0.25, 0.3) is 0 Å². The lowest BCUT2D eigenvalue weighted by molar-refractivity contribution is -0.139. The molecule has 116 valence electrons. The fourth-order valence-electron chi connectivity index (χ4n) is 2.06. The molecule has 2 unspecified atom stereocenters. The largest absolute Gasteiger partial charge is 0.481 e. The number of rotatable bonds is 7. The van der Waals surface area contributed by atoms with Crippen molar-refractivity contribution in [3.63, 3.8) is 0 Å². The van der Waals surface area contributed by atoms with Crippen LogP contribution < -0.4 is 5.32 Å². The minimum Gasteiger partial charge on any atom is -0.481 e. The van der Waals surface area contributed by atoms with Crippen molar-refractivity contribution in [3.05, 3.63) is 0 Å². The molecule has 6 nitrogen and oxygen atoms in total. The second kappa shape index (κ2) is 9.07. The molecule has 1 rings (SSSR count). The van der Waals surface area contributed by atoms with E-state index in [4.69, 9.17) is 9.84 Å². The first kappa shape index (κ1) is 17.1. The Balaban J connectivity index is 2.44. The average molecular weight is 304 g/mol. The highest BCUT2D eigenvalue weighted by Gasteiger charge is 2.29. The van der Waals surface area contributed by atoms with Crippen LogP contribution in [0.4, 0.5) is 4.79 Å². The molecular formula is C13H24N2O4S. The highest BCUT2D eigenvalue weighted by Crippen LogP contribution is 2.12. The summed E-state index contributed by atoms with van der Waals surface area (Å²) < 4.78 is 5.26. The molecule has 0 spiro atoms. The summed E-state index contributed by atoms with van der Waals surface area (Å²) in [4.78, 5) is 24.6. The van der Waals surface area contributed by atoms with E-state index in [1.165, 1.54) is 0 Å². The fourth-order valence-corrected chi connectivity index (χ4v) is 2.87. The van der Waals surface area contributed by atoms with E-state index in [1.54, 1.807) is 4.90 Å². The topological polar surface area (TPSA) is 78.9 Å². The van der Waals surface area contributed by atoms with E-state index in [1.807, 2.05) is 18.7 Å². The predicted molar refractivity (Wildman–Crippen MR) is 79.2 cm³/mol. The number of nitrogens with one attached hydrogen (secondary N) is 1. The van der Waals surface area contributed by atoms with Crippen LogP contribution in [0, 0.1) is 0 Å². The summed E-state index contributed by atoms with van der Waals surface area (Å²) >= 11 is 1.85. The number of ether oxygens (including phenoxy) is 1. The van der Waals surface area contributed by atoms with Gasteiger partial charge in [-0.2, -0.15) is 11.8 Å². The zero-order valence-electron chi connectivity index (χ0n) is 12.1. The van der Waals surface area contributed by atoms with E-state index in [2.05, 4.69) is 12.2 Å². The molecule has 0 bridgehead atoms. The first-order valence-electron chi connectivity index (χ1n) is 6.99. The van der Waals surface area contributed by atoms with Gasteiger partial charge in [-0.05, 0) is 24.9 Å². The van der Waals surface area contributed by atoms with Gasteiger partial charge in [-0.15, -0.1) is 0 Å².